The Balaban J connectivity index is 1.99. The first-order valence-corrected chi connectivity index (χ1v) is 7.81. The van der Waals surface area contributed by atoms with Gasteiger partial charge in [-0.25, -0.2) is 0 Å². The van der Waals surface area contributed by atoms with Gasteiger partial charge in [0.1, 0.15) is 0 Å². The van der Waals surface area contributed by atoms with Crippen molar-refractivity contribution < 1.29 is 4.74 Å². The SMILES string of the molecule is CN(CC1CCCCO1)c1ccc(CCN)cc1Br. The van der Waals surface area contributed by atoms with Crippen LogP contribution in [0, 0.1) is 0 Å². The molecule has 1 aromatic rings. The van der Waals surface area contributed by atoms with E-state index in [-0.39, 0.29) is 0 Å². The summed E-state index contributed by atoms with van der Waals surface area (Å²) in [5.41, 5.74) is 8.09. The second kappa shape index (κ2) is 7.27. The van der Waals surface area contributed by atoms with Crippen molar-refractivity contribution in [3.8, 4) is 0 Å². The Morgan fingerprint density at radius 3 is 2.89 bits per heavy atom. The van der Waals surface area contributed by atoms with Crippen LogP contribution in [-0.2, 0) is 11.2 Å². The zero-order valence-electron chi connectivity index (χ0n) is 11.6. The van der Waals surface area contributed by atoms with Crippen molar-refractivity contribution >= 4 is 21.6 Å². The lowest BCUT2D eigenvalue weighted by Gasteiger charge is -2.29. The zero-order chi connectivity index (χ0) is 13.7. The zero-order valence-corrected chi connectivity index (χ0v) is 13.2. The van der Waals surface area contributed by atoms with Crippen LogP contribution >= 0.6 is 15.9 Å². The van der Waals surface area contributed by atoms with E-state index in [2.05, 4.69) is 46.1 Å². The van der Waals surface area contributed by atoms with Gasteiger partial charge < -0.3 is 15.4 Å². The first kappa shape index (κ1) is 14.8. The number of nitrogens with two attached hydrogens (primary N) is 1. The van der Waals surface area contributed by atoms with E-state index in [0.29, 0.717) is 12.6 Å². The van der Waals surface area contributed by atoms with E-state index in [0.717, 1.165) is 24.0 Å². The van der Waals surface area contributed by atoms with Gasteiger partial charge in [0.05, 0.1) is 11.8 Å². The number of ether oxygens (including phenoxy) is 1. The average Bonchev–Trinajstić information content (AvgIpc) is 2.40. The highest BCUT2D eigenvalue weighted by molar-refractivity contribution is 9.10. The molecule has 0 aliphatic carbocycles. The van der Waals surface area contributed by atoms with Crippen LogP contribution in [0.5, 0.6) is 0 Å². The highest BCUT2D eigenvalue weighted by atomic mass is 79.9. The van der Waals surface area contributed by atoms with Crippen LogP contribution in [0.15, 0.2) is 22.7 Å². The Bertz CT molecular complexity index is 405. The van der Waals surface area contributed by atoms with Crippen molar-refractivity contribution in [2.24, 2.45) is 5.73 Å². The van der Waals surface area contributed by atoms with E-state index in [1.807, 2.05) is 0 Å². The Kier molecular flexibility index (Phi) is 5.67. The third-order valence-corrected chi connectivity index (χ3v) is 4.24. The fraction of sp³-hybridized carbons (Fsp3) is 0.600. The molecule has 0 radical (unpaired) electrons. The molecule has 1 aliphatic heterocycles. The van der Waals surface area contributed by atoms with E-state index in [1.54, 1.807) is 0 Å². The van der Waals surface area contributed by atoms with Gasteiger partial charge in [-0.1, -0.05) is 6.07 Å². The highest BCUT2D eigenvalue weighted by Crippen LogP contribution is 2.27. The van der Waals surface area contributed by atoms with Gasteiger partial charge in [0.2, 0.25) is 0 Å². The summed E-state index contributed by atoms with van der Waals surface area (Å²) in [5.74, 6) is 0. The maximum Gasteiger partial charge on any atom is 0.0749 e. The lowest BCUT2D eigenvalue weighted by atomic mass is 10.1. The lowest BCUT2D eigenvalue weighted by Crippen LogP contribution is -2.33. The van der Waals surface area contributed by atoms with Gasteiger partial charge in [0.25, 0.3) is 0 Å². The topological polar surface area (TPSA) is 38.5 Å². The summed E-state index contributed by atoms with van der Waals surface area (Å²) < 4.78 is 6.93. The van der Waals surface area contributed by atoms with Crippen molar-refractivity contribution in [3.63, 3.8) is 0 Å². The maximum absolute atomic E-state index is 5.80. The third kappa shape index (κ3) is 4.20. The quantitative estimate of drug-likeness (QED) is 0.904. The second-order valence-corrected chi connectivity index (χ2v) is 6.05. The molecule has 2 rings (SSSR count). The number of hydrogen-bond acceptors (Lipinski definition) is 3. The minimum atomic E-state index is 0.370. The molecule has 0 spiro atoms. The van der Waals surface area contributed by atoms with Crippen LogP contribution in [0.4, 0.5) is 5.69 Å². The summed E-state index contributed by atoms with van der Waals surface area (Å²) >= 11 is 3.66. The Morgan fingerprint density at radius 1 is 1.42 bits per heavy atom. The van der Waals surface area contributed by atoms with Gasteiger partial charge in [-0.3, -0.25) is 0 Å². The predicted molar refractivity (Wildman–Crippen MR) is 83.8 cm³/mol. The van der Waals surface area contributed by atoms with Gasteiger partial charge in [-0.2, -0.15) is 0 Å². The molecule has 1 aliphatic rings. The summed E-state index contributed by atoms with van der Waals surface area (Å²) in [6.45, 7) is 2.56. The molecule has 1 aromatic carbocycles. The van der Waals surface area contributed by atoms with Crippen molar-refractivity contribution in [1.82, 2.24) is 0 Å². The van der Waals surface area contributed by atoms with Crippen LogP contribution in [-0.4, -0.2) is 32.8 Å². The van der Waals surface area contributed by atoms with Gasteiger partial charge >= 0.3 is 0 Å². The summed E-state index contributed by atoms with van der Waals surface area (Å²) in [5, 5.41) is 0. The van der Waals surface area contributed by atoms with Crippen LogP contribution < -0.4 is 10.6 Å². The van der Waals surface area contributed by atoms with E-state index in [4.69, 9.17) is 10.5 Å². The molecule has 1 fully saturated rings. The Labute approximate surface area is 124 Å². The van der Waals surface area contributed by atoms with Gasteiger partial charge in [0, 0.05) is 24.7 Å². The molecule has 106 valence electrons. The highest BCUT2D eigenvalue weighted by Gasteiger charge is 2.17. The van der Waals surface area contributed by atoms with E-state index >= 15 is 0 Å². The third-order valence-electron chi connectivity index (χ3n) is 3.61. The number of halogens is 1. The van der Waals surface area contributed by atoms with Crippen LogP contribution in [0.3, 0.4) is 0 Å². The summed E-state index contributed by atoms with van der Waals surface area (Å²) in [6, 6.07) is 6.49. The van der Waals surface area contributed by atoms with Crippen molar-refractivity contribution in [2.75, 3.05) is 31.6 Å². The smallest absolute Gasteiger partial charge is 0.0749 e. The minimum absolute atomic E-state index is 0.370. The number of likely N-dealkylation sites (N-methyl/N-ethyl adjacent to an activating group) is 1. The molecule has 1 atom stereocenters. The standard InChI is InChI=1S/C15H23BrN2O/c1-18(11-13-4-2-3-9-19-13)15-6-5-12(7-8-17)10-14(15)16/h5-6,10,13H,2-4,7-9,11,17H2,1H3. The maximum atomic E-state index is 5.80. The molecule has 4 heteroatoms. The van der Waals surface area contributed by atoms with E-state index in [1.165, 1.54) is 30.5 Å². The van der Waals surface area contributed by atoms with Gasteiger partial charge in [-0.05, 0) is 65.9 Å². The lowest BCUT2D eigenvalue weighted by molar-refractivity contribution is 0.0216. The number of anilines is 1. The fourth-order valence-electron chi connectivity index (χ4n) is 2.54. The molecular weight excluding hydrogens is 304 g/mol. The number of benzene rings is 1. The monoisotopic (exact) mass is 326 g/mol. The molecule has 1 heterocycles. The van der Waals surface area contributed by atoms with Crippen LogP contribution in [0.2, 0.25) is 0 Å². The van der Waals surface area contributed by atoms with Gasteiger partial charge in [-0.15, -0.1) is 0 Å². The van der Waals surface area contributed by atoms with Crippen LogP contribution in [0.1, 0.15) is 24.8 Å². The molecule has 2 N–H and O–H groups in total. The molecule has 0 aromatic heterocycles. The molecular formula is C15H23BrN2O. The van der Waals surface area contributed by atoms with Crippen LogP contribution in [0.25, 0.3) is 0 Å². The van der Waals surface area contributed by atoms with Crippen molar-refractivity contribution in [3.05, 3.63) is 28.2 Å². The molecule has 0 amide bonds. The summed E-state index contributed by atoms with van der Waals surface area (Å²) in [7, 11) is 2.13. The minimum Gasteiger partial charge on any atom is -0.376 e. The second-order valence-electron chi connectivity index (χ2n) is 5.19. The molecule has 19 heavy (non-hydrogen) atoms. The molecule has 3 nitrogen and oxygen atoms in total. The first-order chi connectivity index (χ1) is 9.20. The van der Waals surface area contributed by atoms with Crippen molar-refractivity contribution in [2.45, 2.75) is 31.8 Å². The molecule has 1 unspecified atom stereocenters. The summed E-state index contributed by atoms with van der Waals surface area (Å²) in [4.78, 5) is 2.27. The molecule has 0 saturated carbocycles. The van der Waals surface area contributed by atoms with Crippen molar-refractivity contribution in [1.29, 1.82) is 0 Å². The summed E-state index contributed by atoms with van der Waals surface area (Å²) in [6.07, 6.45) is 4.96. The predicted octanol–water partition coefficient (Wildman–Crippen LogP) is 2.96. The number of nitrogens with zero attached hydrogens (tertiary/aromatic N) is 1. The normalized spacial score (nSPS) is 19.4. The largest absolute Gasteiger partial charge is 0.376 e. The molecule has 0 bridgehead atoms. The van der Waals surface area contributed by atoms with E-state index < -0.39 is 0 Å². The molecule has 1 saturated heterocycles. The number of rotatable bonds is 5. The van der Waals surface area contributed by atoms with E-state index in [9.17, 15) is 0 Å². The number of hydrogen-bond donors (Lipinski definition) is 1. The average molecular weight is 327 g/mol. The Morgan fingerprint density at radius 2 is 2.26 bits per heavy atom. The Hall–Kier alpha value is -0.580. The first-order valence-electron chi connectivity index (χ1n) is 7.02. The fourth-order valence-corrected chi connectivity index (χ4v) is 3.27. The van der Waals surface area contributed by atoms with Gasteiger partial charge in [0.15, 0.2) is 0 Å².